The molecule has 4 heteroatoms. The fourth-order valence-corrected chi connectivity index (χ4v) is 1.76. The van der Waals surface area contributed by atoms with E-state index in [1.165, 1.54) is 5.56 Å². The molecule has 0 aliphatic heterocycles. The lowest BCUT2D eigenvalue weighted by atomic mass is 10.0. The van der Waals surface area contributed by atoms with Crippen molar-refractivity contribution in [2.75, 3.05) is 34.9 Å². The number of nitrogens with zero attached hydrogens (tertiary/aromatic N) is 1. The average Bonchev–Trinajstić information content (AvgIpc) is 2.35. The summed E-state index contributed by atoms with van der Waals surface area (Å²) in [5.41, 5.74) is 6.95. The maximum Gasteiger partial charge on any atom is 0.160 e. The molecule has 0 aliphatic rings. The van der Waals surface area contributed by atoms with Crippen molar-refractivity contribution in [1.82, 2.24) is 4.90 Å². The fraction of sp³-hybridized carbons (Fsp3) is 0.538. The van der Waals surface area contributed by atoms with E-state index in [0.29, 0.717) is 12.6 Å². The van der Waals surface area contributed by atoms with Crippen LogP contribution in [0, 0.1) is 0 Å². The second-order valence-corrected chi connectivity index (χ2v) is 4.25. The van der Waals surface area contributed by atoms with Gasteiger partial charge >= 0.3 is 0 Å². The van der Waals surface area contributed by atoms with Crippen molar-refractivity contribution >= 4 is 0 Å². The molecule has 0 saturated carbocycles. The zero-order chi connectivity index (χ0) is 12.8. The predicted molar refractivity (Wildman–Crippen MR) is 69.8 cm³/mol. The highest BCUT2D eigenvalue weighted by molar-refractivity contribution is 5.43. The van der Waals surface area contributed by atoms with Crippen LogP contribution in [0.25, 0.3) is 0 Å². The number of hydrogen-bond acceptors (Lipinski definition) is 4. The van der Waals surface area contributed by atoms with Crippen molar-refractivity contribution in [3.63, 3.8) is 0 Å². The first-order chi connectivity index (χ1) is 8.12. The van der Waals surface area contributed by atoms with Gasteiger partial charge in [0.05, 0.1) is 14.2 Å². The summed E-state index contributed by atoms with van der Waals surface area (Å²) in [6.07, 6.45) is 0.907. The minimum Gasteiger partial charge on any atom is -0.493 e. The Labute approximate surface area is 103 Å². The van der Waals surface area contributed by atoms with Crippen LogP contribution in [0.1, 0.15) is 5.56 Å². The molecule has 96 valence electrons. The molecule has 0 amide bonds. The van der Waals surface area contributed by atoms with Gasteiger partial charge in [-0.05, 0) is 38.2 Å². The molecule has 0 aromatic heterocycles. The lowest BCUT2D eigenvalue weighted by Gasteiger charge is -2.23. The van der Waals surface area contributed by atoms with Crippen LogP contribution in [-0.4, -0.2) is 45.8 Å². The van der Waals surface area contributed by atoms with Gasteiger partial charge in [0.15, 0.2) is 11.5 Å². The second-order valence-electron chi connectivity index (χ2n) is 4.25. The molecule has 0 aliphatic carbocycles. The summed E-state index contributed by atoms with van der Waals surface area (Å²) in [7, 11) is 7.37. The first kappa shape index (κ1) is 13.8. The van der Waals surface area contributed by atoms with Crippen LogP contribution in [0.15, 0.2) is 18.2 Å². The van der Waals surface area contributed by atoms with E-state index in [1.54, 1.807) is 14.2 Å². The largest absolute Gasteiger partial charge is 0.493 e. The van der Waals surface area contributed by atoms with Gasteiger partial charge in [-0.2, -0.15) is 0 Å². The van der Waals surface area contributed by atoms with Crippen LogP contribution in [0.5, 0.6) is 11.5 Å². The lowest BCUT2D eigenvalue weighted by molar-refractivity contribution is 0.297. The Hall–Kier alpha value is -1.26. The van der Waals surface area contributed by atoms with Gasteiger partial charge in [0.2, 0.25) is 0 Å². The van der Waals surface area contributed by atoms with Crippen LogP contribution in [0.2, 0.25) is 0 Å². The van der Waals surface area contributed by atoms with E-state index in [2.05, 4.69) is 4.90 Å². The van der Waals surface area contributed by atoms with Gasteiger partial charge in [-0.15, -0.1) is 0 Å². The van der Waals surface area contributed by atoms with E-state index >= 15 is 0 Å². The number of ether oxygens (including phenoxy) is 2. The highest BCUT2D eigenvalue weighted by Crippen LogP contribution is 2.28. The molecule has 17 heavy (non-hydrogen) atoms. The third-order valence-electron chi connectivity index (χ3n) is 2.92. The standard InChI is InChI=1S/C13H22N2O2/c1-15(2)11(9-14)7-10-5-6-12(16-3)13(8-10)17-4/h5-6,8,11H,7,9,14H2,1-4H3. The van der Waals surface area contributed by atoms with Crippen molar-refractivity contribution in [2.24, 2.45) is 5.73 Å². The molecule has 0 bridgehead atoms. The first-order valence-electron chi connectivity index (χ1n) is 5.69. The fourth-order valence-electron chi connectivity index (χ4n) is 1.76. The van der Waals surface area contributed by atoms with Crippen molar-refractivity contribution in [1.29, 1.82) is 0 Å². The van der Waals surface area contributed by atoms with E-state index in [0.717, 1.165) is 17.9 Å². The molecule has 1 atom stereocenters. The minimum absolute atomic E-state index is 0.341. The number of methoxy groups -OCH3 is 2. The second kappa shape index (κ2) is 6.47. The Kier molecular flexibility index (Phi) is 5.25. The quantitative estimate of drug-likeness (QED) is 0.807. The van der Waals surface area contributed by atoms with E-state index in [4.69, 9.17) is 15.2 Å². The number of hydrogen-bond donors (Lipinski definition) is 1. The molecule has 4 nitrogen and oxygen atoms in total. The molecule has 0 radical (unpaired) electrons. The van der Waals surface area contributed by atoms with Crippen molar-refractivity contribution in [2.45, 2.75) is 12.5 Å². The molecule has 0 fully saturated rings. The Morgan fingerprint density at radius 2 is 1.82 bits per heavy atom. The van der Waals surface area contributed by atoms with Gasteiger partial charge in [-0.25, -0.2) is 0 Å². The molecule has 0 spiro atoms. The summed E-state index contributed by atoms with van der Waals surface area (Å²) in [5, 5.41) is 0. The Balaban J connectivity index is 2.85. The zero-order valence-electron chi connectivity index (χ0n) is 11.1. The number of benzene rings is 1. The van der Waals surface area contributed by atoms with Crippen LogP contribution in [0.4, 0.5) is 0 Å². The first-order valence-corrected chi connectivity index (χ1v) is 5.69. The highest BCUT2D eigenvalue weighted by atomic mass is 16.5. The Morgan fingerprint density at radius 3 is 2.29 bits per heavy atom. The maximum absolute atomic E-state index is 5.75. The smallest absolute Gasteiger partial charge is 0.160 e. The van der Waals surface area contributed by atoms with E-state index < -0.39 is 0 Å². The summed E-state index contributed by atoms with van der Waals surface area (Å²) < 4.78 is 10.5. The topological polar surface area (TPSA) is 47.7 Å². The molecule has 1 aromatic carbocycles. The highest BCUT2D eigenvalue weighted by Gasteiger charge is 2.12. The summed E-state index contributed by atoms with van der Waals surface area (Å²) in [6.45, 7) is 0.640. The number of likely N-dealkylation sites (N-methyl/N-ethyl adjacent to an activating group) is 1. The van der Waals surface area contributed by atoms with Gasteiger partial charge in [0, 0.05) is 12.6 Å². The maximum atomic E-state index is 5.75. The third kappa shape index (κ3) is 3.61. The van der Waals surface area contributed by atoms with E-state index in [9.17, 15) is 0 Å². The van der Waals surface area contributed by atoms with Gasteiger partial charge in [-0.1, -0.05) is 6.07 Å². The van der Waals surface area contributed by atoms with Gasteiger partial charge in [0.1, 0.15) is 0 Å². The van der Waals surface area contributed by atoms with Gasteiger partial charge in [0.25, 0.3) is 0 Å². The number of rotatable bonds is 6. The Bertz CT molecular complexity index is 353. The van der Waals surface area contributed by atoms with Gasteiger partial charge in [-0.3, -0.25) is 0 Å². The zero-order valence-corrected chi connectivity index (χ0v) is 11.1. The predicted octanol–water partition coefficient (Wildman–Crippen LogP) is 1.14. The molecule has 1 rings (SSSR count). The molecule has 0 saturated heterocycles. The summed E-state index contributed by atoms with van der Waals surface area (Å²) in [4.78, 5) is 2.14. The van der Waals surface area contributed by atoms with Crippen molar-refractivity contribution in [3.8, 4) is 11.5 Å². The van der Waals surface area contributed by atoms with Crippen molar-refractivity contribution < 1.29 is 9.47 Å². The van der Waals surface area contributed by atoms with Gasteiger partial charge < -0.3 is 20.1 Å². The normalized spacial score (nSPS) is 12.6. The number of nitrogens with two attached hydrogens (primary N) is 1. The third-order valence-corrected chi connectivity index (χ3v) is 2.92. The molecule has 2 N–H and O–H groups in total. The molecular formula is C13H22N2O2. The lowest BCUT2D eigenvalue weighted by Crippen LogP contribution is -2.36. The van der Waals surface area contributed by atoms with E-state index in [1.807, 2.05) is 32.3 Å². The molecule has 1 unspecified atom stereocenters. The summed E-state index contributed by atoms with van der Waals surface area (Å²) in [5.74, 6) is 1.52. The summed E-state index contributed by atoms with van der Waals surface area (Å²) >= 11 is 0. The van der Waals surface area contributed by atoms with Crippen LogP contribution >= 0.6 is 0 Å². The SMILES string of the molecule is COc1ccc(CC(CN)N(C)C)cc1OC. The van der Waals surface area contributed by atoms with E-state index in [-0.39, 0.29) is 0 Å². The minimum atomic E-state index is 0.341. The molecular weight excluding hydrogens is 216 g/mol. The summed E-state index contributed by atoms with van der Waals surface area (Å²) in [6, 6.07) is 6.32. The van der Waals surface area contributed by atoms with Crippen LogP contribution in [-0.2, 0) is 6.42 Å². The Morgan fingerprint density at radius 1 is 1.18 bits per heavy atom. The monoisotopic (exact) mass is 238 g/mol. The average molecular weight is 238 g/mol. The van der Waals surface area contributed by atoms with Crippen molar-refractivity contribution in [3.05, 3.63) is 23.8 Å². The molecule has 0 heterocycles. The van der Waals surface area contributed by atoms with Crippen LogP contribution < -0.4 is 15.2 Å². The molecule has 1 aromatic rings. The van der Waals surface area contributed by atoms with Crippen LogP contribution in [0.3, 0.4) is 0 Å².